The van der Waals surface area contributed by atoms with Gasteiger partial charge in [-0.2, -0.15) is 5.26 Å². The summed E-state index contributed by atoms with van der Waals surface area (Å²) in [5.41, 5.74) is 3.38. The maximum atomic E-state index is 12.4. The van der Waals surface area contributed by atoms with E-state index < -0.39 is 5.97 Å². The van der Waals surface area contributed by atoms with Crippen molar-refractivity contribution in [2.24, 2.45) is 0 Å². The van der Waals surface area contributed by atoms with Crippen LogP contribution in [-0.4, -0.2) is 37.4 Å². The normalized spacial score (nSPS) is 16.6. The maximum absolute atomic E-state index is 12.4. The second-order valence-electron chi connectivity index (χ2n) is 6.82. The van der Waals surface area contributed by atoms with E-state index in [-0.39, 0.29) is 6.10 Å². The minimum atomic E-state index is -0.431. The van der Waals surface area contributed by atoms with Crippen LogP contribution in [0.5, 0.6) is 5.75 Å². The number of nitrogens with one attached hydrogen (secondary N) is 1. The van der Waals surface area contributed by atoms with Crippen molar-refractivity contribution in [1.82, 2.24) is 4.98 Å². The molecule has 0 bridgehead atoms. The van der Waals surface area contributed by atoms with E-state index in [9.17, 15) is 4.79 Å². The first-order valence-electron chi connectivity index (χ1n) is 9.34. The molecule has 0 unspecified atom stereocenters. The molecule has 1 saturated heterocycles. The van der Waals surface area contributed by atoms with Crippen LogP contribution < -0.4 is 4.74 Å². The van der Waals surface area contributed by atoms with Gasteiger partial charge in [0.15, 0.2) is 0 Å². The lowest BCUT2D eigenvalue weighted by Crippen LogP contribution is -2.15. The molecule has 6 heteroatoms. The molecule has 6 nitrogen and oxygen atoms in total. The van der Waals surface area contributed by atoms with Crippen molar-refractivity contribution >= 4 is 28.5 Å². The number of aromatic amines is 1. The molecular formula is C23H20N2O4. The highest BCUT2D eigenvalue weighted by Crippen LogP contribution is 2.25. The van der Waals surface area contributed by atoms with Crippen LogP contribution in [0.1, 0.15) is 23.2 Å². The summed E-state index contributed by atoms with van der Waals surface area (Å²) in [6.45, 7) is 1.32. The van der Waals surface area contributed by atoms with Crippen LogP contribution >= 0.6 is 0 Å². The Hall–Kier alpha value is -3.56. The Labute approximate surface area is 168 Å². The van der Waals surface area contributed by atoms with Gasteiger partial charge in [0.1, 0.15) is 11.9 Å². The molecule has 0 aliphatic carbocycles. The Morgan fingerprint density at radius 2 is 2.07 bits per heavy atom. The number of ether oxygens (including phenoxy) is 3. The van der Waals surface area contributed by atoms with Crippen molar-refractivity contribution in [1.29, 1.82) is 5.26 Å². The predicted octanol–water partition coefficient (Wildman–Crippen LogP) is 3.92. The van der Waals surface area contributed by atoms with E-state index in [2.05, 4.69) is 11.1 Å². The first-order valence-corrected chi connectivity index (χ1v) is 9.34. The smallest absolute Gasteiger partial charge is 0.338 e. The molecule has 4 rings (SSSR count). The highest BCUT2D eigenvalue weighted by Gasteiger charge is 2.18. The number of aromatic nitrogens is 1. The van der Waals surface area contributed by atoms with Gasteiger partial charge in [0.05, 0.1) is 37.5 Å². The standard InChI is InChI=1S/C23H20N2O4/c1-27-23(26)21(12-18-11-17-10-15(13-24)2-7-22(17)25-18)16-3-5-19(6-4-16)29-20-8-9-28-14-20/h2-7,10-12,20,25H,8-9,14H2,1H3/b21-12+/t20-/m1/s1. The average molecular weight is 388 g/mol. The molecule has 1 aliphatic heterocycles. The summed E-state index contributed by atoms with van der Waals surface area (Å²) in [6, 6.07) is 16.8. The van der Waals surface area contributed by atoms with Gasteiger partial charge in [0.2, 0.25) is 0 Å². The Bertz CT molecular complexity index is 1100. The molecule has 0 spiro atoms. The van der Waals surface area contributed by atoms with E-state index in [0.717, 1.165) is 40.9 Å². The monoisotopic (exact) mass is 388 g/mol. The number of carbonyl (C=O) groups excluding carboxylic acids is 1. The zero-order chi connectivity index (χ0) is 20.2. The lowest BCUT2D eigenvalue weighted by Gasteiger charge is -2.12. The summed E-state index contributed by atoms with van der Waals surface area (Å²) in [5, 5.41) is 9.97. The second kappa shape index (κ2) is 8.21. The Morgan fingerprint density at radius 1 is 1.24 bits per heavy atom. The number of methoxy groups -OCH3 is 1. The fourth-order valence-electron chi connectivity index (χ4n) is 3.34. The first-order chi connectivity index (χ1) is 14.2. The van der Waals surface area contributed by atoms with Gasteiger partial charge in [-0.3, -0.25) is 0 Å². The Balaban J connectivity index is 1.63. The average Bonchev–Trinajstić information content (AvgIpc) is 3.40. The maximum Gasteiger partial charge on any atom is 0.338 e. The third kappa shape index (κ3) is 4.15. The van der Waals surface area contributed by atoms with Gasteiger partial charge in [0.25, 0.3) is 0 Å². The summed E-state index contributed by atoms with van der Waals surface area (Å²) in [7, 11) is 1.36. The molecule has 1 fully saturated rings. The Morgan fingerprint density at radius 3 is 2.76 bits per heavy atom. The SMILES string of the molecule is COC(=O)/C(=C/c1cc2cc(C#N)ccc2[nH]1)c1ccc(O[C@@H]2CCOC2)cc1. The number of hydrogen-bond donors (Lipinski definition) is 1. The van der Waals surface area contributed by atoms with E-state index in [0.29, 0.717) is 17.7 Å². The Kier molecular flexibility index (Phi) is 5.32. The summed E-state index contributed by atoms with van der Waals surface area (Å²) in [5.74, 6) is 0.308. The number of nitriles is 1. The number of nitrogens with zero attached hydrogens (tertiary/aromatic N) is 1. The van der Waals surface area contributed by atoms with Crippen LogP contribution in [0.2, 0.25) is 0 Å². The van der Waals surface area contributed by atoms with E-state index in [4.69, 9.17) is 19.5 Å². The highest BCUT2D eigenvalue weighted by molar-refractivity contribution is 6.21. The van der Waals surface area contributed by atoms with E-state index in [1.165, 1.54) is 7.11 Å². The third-order valence-electron chi connectivity index (χ3n) is 4.83. The minimum Gasteiger partial charge on any atom is -0.488 e. The van der Waals surface area contributed by atoms with Gasteiger partial charge in [0, 0.05) is 23.0 Å². The molecule has 1 aliphatic rings. The van der Waals surface area contributed by atoms with Crippen molar-refractivity contribution in [2.75, 3.05) is 20.3 Å². The van der Waals surface area contributed by atoms with Gasteiger partial charge >= 0.3 is 5.97 Å². The lowest BCUT2D eigenvalue weighted by atomic mass is 10.0. The number of rotatable bonds is 5. The van der Waals surface area contributed by atoms with Crippen LogP contribution in [0, 0.1) is 11.3 Å². The van der Waals surface area contributed by atoms with Crippen molar-refractivity contribution in [2.45, 2.75) is 12.5 Å². The van der Waals surface area contributed by atoms with Gasteiger partial charge < -0.3 is 19.2 Å². The number of esters is 1. The summed E-state index contributed by atoms with van der Waals surface area (Å²) >= 11 is 0. The molecule has 1 atom stereocenters. The van der Waals surface area contributed by atoms with Crippen LogP contribution in [0.15, 0.2) is 48.5 Å². The summed E-state index contributed by atoms with van der Waals surface area (Å²) in [4.78, 5) is 15.7. The number of hydrogen-bond acceptors (Lipinski definition) is 5. The predicted molar refractivity (Wildman–Crippen MR) is 109 cm³/mol. The number of benzene rings is 2. The van der Waals surface area contributed by atoms with Crippen LogP contribution in [-0.2, 0) is 14.3 Å². The van der Waals surface area contributed by atoms with E-state index in [1.54, 1.807) is 18.2 Å². The topological polar surface area (TPSA) is 84.3 Å². The largest absolute Gasteiger partial charge is 0.488 e. The number of fused-ring (bicyclic) bond motifs is 1. The van der Waals surface area contributed by atoms with Gasteiger partial charge in [-0.25, -0.2) is 4.79 Å². The molecular weight excluding hydrogens is 368 g/mol. The van der Waals surface area contributed by atoms with E-state index in [1.807, 2.05) is 36.4 Å². The molecule has 1 N–H and O–H groups in total. The van der Waals surface area contributed by atoms with Crippen molar-refractivity contribution in [3.05, 3.63) is 65.4 Å². The molecule has 29 heavy (non-hydrogen) atoms. The first kappa shape index (κ1) is 18.8. The molecule has 0 radical (unpaired) electrons. The highest BCUT2D eigenvalue weighted by atomic mass is 16.5. The van der Waals surface area contributed by atoms with Gasteiger partial charge in [-0.05, 0) is 48.0 Å². The number of carbonyl (C=O) groups is 1. The molecule has 0 amide bonds. The molecule has 146 valence electrons. The van der Waals surface area contributed by atoms with Crippen LogP contribution in [0.3, 0.4) is 0 Å². The van der Waals surface area contributed by atoms with Crippen molar-refractivity contribution in [3.63, 3.8) is 0 Å². The second-order valence-corrected chi connectivity index (χ2v) is 6.82. The summed E-state index contributed by atoms with van der Waals surface area (Å²) in [6.07, 6.45) is 2.70. The molecule has 0 saturated carbocycles. The number of H-pyrrole nitrogens is 1. The van der Waals surface area contributed by atoms with Gasteiger partial charge in [-0.1, -0.05) is 12.1 Å². The summed E-state index contributed by atoms with van der Waals surface area (Å²) < 4.78 is 16.2. The zero-order valence-corrected chi connectivity index (χ0v) is 16.0. The van der Waals surface area contributed by atoms with E-state index >= 15 is 0 Å². The fraction of sp³-hybridized carbons (Fsp3) is 0.217. The fourth-order valence-corrected chi connectivity index (χ4v) is 3.34. The zero-order valence-electron chi connectivity index (χ0n) is 16.0. The van der Waals surface area contributed by atoms with Crippen molar-refractivity contribution < 1.29 is 19.0 Å². The van der Waals surface area contributed by atoms with Crippen LogP contribution in [0.4, 0.5) is 0 Å². The molecule has 3 aromatic rings. The lowest BCUT2D eigenvalue weighted by molar-refractivity contribution is -0.133. The van der Waals surface area contributed by atoms with Crippen LogP contribution in [0.25, 0.3) is 22.6 Å². The van der Waals surface area contributed by atoms with Gasteiger partial charge in [-0.15, -0.1) is 0 Å². The van der Waals surface area contributed by atoms with Crippen molar-refractivity contribution in [3.8, 4) is 11.8 Å². The minimum absolute atomic E-state index is 0.0705. The third-order valence-corrected chi connectivity index (χ3v) is 4.83. The molecule has 1 aromatic heterocycles. The molecule has 2 heterocycles. The molecule has 2 aromatic carbocycles. The quantitative estimate of drug-likeness (QED) is 0.529.